The minimum atomic E-state index is 0.716. The summed E-state index contributed by atoms with van der Waals surface area (Å²) < 4.78 is 5.71. The first-order chi connectivity index (χ1) is 8.31. The van der Waals surface area contributed by atoms with Gasteiger partial charge in [0, 0.05) is 11.4 Å². The number of oxazole rings is 1. The highest BCUT2D eigenvalue weighted by Gasteiger charge is 2.16. The van der Waals surface area contributed by atoms with Crippen LogP contribution in [0.4, 0.5) is 0 Å². The average Bonchev–Trinajstić information content (AvgIpc) is 2.94. The fraction of sp³-hybridized carbons (Fsp3) is 0.500. The Morgan fingerprint density at radius 2 is 2.12 bits per heavy atom. The molecule has 1 aliphatic rings. The molecule has 1 aromatic carbocycles. The SMILES string of the molecule is Clc1ccc2oc(CCC3CCCC3)nc2c1. The number of rotatable bonds is 3. The molecule has 0 saturated heterocycles. The van der Waals surface area contributed by atoms with E-state index in [9.17, 15) is 0 Å². The Morgan fingerprint density at radius 3 is 2.94 bits per heavy atom. The van der Waals surface area contributed by atoms with Crippen molar-refractivity contribution in [1.82, 2.24) is 4.98 Å². The predicted molar refractivity (Wildman–Crippen MR) is 69.3 cm³/mol. The Hall–Kier alpha value is -1.02. The second-order valence-electron chi connectivity index (χ2n) is 4.91. The van der Waals surface area contributed by atoms with Crippen molar-refractivity contribution in [2.45, 2.75) is 38.5 Å². The molecule has 2 nitrogen and oxygen atoms in total. The van der Waals surface area contributed by atoms with E-state index >= 15 is 0 Å². The van der Waals surface area contributed by atoms with Crippen LogP contribution >= 0.6 is 11.6 Å². The highest BCUT2D eigenvalue weighted by molar-refractivity contribution is 6.31. The molecule has 1 heterocycles. The molecule has 1 aliphatic carbocycles. The lowest BCUT2D eigenvalue weighted by molar-refractivity contribution is 0.451. The van der Waals surface area contributed by atoms with Crippen molar-refractivity contribution in [2.24, 2.45) is 5.92 Å². The van der Waals surface area contributed by atoms with Crippen molar-refractivity contribution >= 4 is 22.7 Å². The van der Waals surface area contributed by atoms with Gasteiger partial charge in [0.1, 0.15) is 5.52 Å². The maximum Gasteiger partial charge on any atom is 0.195 e. The van der Waals surface area contributed by atoms with E-state index in [0.29, 0.717) is 5.02 Å². The lowest BCUT2D eigenvalue weighted by Gasteiger charge is -2.05. The summed E-state index contributed by atoms with van der Waals surface area (Å²) in [6.45, 7) is 0. The fourth-order valence-corrected chi connectivity index (χ4v) is 2.85. The highest BCUT2D eigenvalue weighted by Crippen LogP contribution is 2.29. The summed E-state index contributed by atoms with van der Waals surface area (Å²) in [6, 6.07) is 5.60. The van der Waals surface area contributed by atoms with Crippen LogP contribution in [-0.2, 0) is 6.42 Å². The van der Waals surface area contributed by atoms with E-state index in [4.69, 9.17) is 16.0 Å². The van der Waals surface area contributed by atoms with E-state index in [2.05, 4.69) is 4.98 Å². The molecule has 0 bridgehead atoms. The summed E-state index contributed by atoms with van der Waals surface area (Å²) in [5, 5.41) is 0.716. The number of benzene rings is 1. The van der Waals surface area contributed by atoms with Gasteiger partial charge in [0.05, 0.1) is 0 Å². The first-order valence-electron chi connectivity index (χ1n) is 6.36. The van der Waals surface area contributed by atoms with E-state index < -0.39 is 0 Å². The van der Waals surface area contributed by atoms with E-state index in [1.165, 1.54) is 32.1 Å². The number of halogens is 1. The Bertz CT molecular complexity index is 514. The topological polar surface area (TPSA) is 26.0 Å². The standard InChI is InChI=1S/C14H16ClNO/c15-11-6-7-13-12(9-11)16-14(17-13)8-5-10-3-1-2-4-10/h6-7,9-10H,1-5,8H2. The third kappa shape index (κ3) is 2.47. The fourth-order valence-electron chi connectivity index (χ4n) is 2.68. The first kappa shape index (κ1) is 11.1. The number of hydrogen-bond acceptors (Lipinski definition) is 2. The number of aromatic nitrogens is 1. The van der Waals surface area contributed by atoms with Gasteiger partial charge in [-0.25, -0.2) is 4.98 Å². The zero-order valence-electron chi connectivity index (χ0n) is 9.79. The van der Waals surface area contributed by atoms with E-state index in [0.717, 1.165) is 29.3 Å². The normalized spacial score (nSPS) is 17.0. The molecular weight excluding hydrogens is 234 g/mol. The number of fused-ring (bicyclic) bond motifs is 1. The molecular formula is C14H16ClNO. The van der Waals surface area contributed by atoms with Crippen molar-refractivity contribution in [3.05, 3.63) is 29.1 Å². The largest absolute Gasteiger partial charge is 0.441 e. The van der Waals surface area contributed by atoms with Gasteiger partial charge in [-0.2, -0.15) is 0 Å². The van der Waals surface area contributed by atoms with Crippen molar-refractivity contribution in [3.8, 4) is 0 Å². The molecule has 0 radical (unpaired) electrons. The summed E-state index contributed by atoms with van der Waals surface area (Å²) in [5.74, 6) is 1.74. The summed E-state index contributed by atoms with van der Waals surface area (Å²) in [5.41, 5.74) is 1.72. The summed E-state index contributed by atoms with van der Waals surface area (Å²) in [7, 11) is 0. The van der Waals surface area contributed by atoms with Gasteiger partial charge in [-0.15, -0.1) is 0 Å². The van der Waals surface area contributed by atoms with Gasteiger partial charge in [0.2, 0.25) is 0 Å². The molecule has 17 heavy (non-hydrogen) atoms. The number of aryl methyl sites for hydroxylation is 1. The third-order valence-electron chi connectivity index (χ3n) is 3.64. The monoisotopic (exact) mass is 249 g/mol. The van der Waals surface area contributed by atoms with E-state index in [-0.39, 0.29) is 0 Å². The second-order valence-corrected chi connectivity index (χ2v) is 5.35. The lowest BCUT2D eigenvalue weighted by Crippen LogP contribution is -1.96. The number of nitrogens with zero attached hydrogens (tertiary/aromatic N) is 1. The van der Waals surface area contributed by atoms with Crippen molar-refractivity contribution in [1.29, 1.82) is 0 Å². The molecule has 2 aromatic rings. The minimum Gasteiger partial charge on any atom is -0.441 e. The Morgan fingerprint density at radius 1 is 1.29 bits per heavy atom. The average molecular weight is 250 g/mol. The van der Waals surface area contributed by atoms with Crippen molar-refractivity contribution < 1.29 is 4.42 Å². The lowest BCUT2D eigenvalue weighted by atomic mass is 10.0. The first-order valence-corrected chi connectivity index (χ1v) is 6.74. The molecule has 3 heteroatoms. The van der Waals surface area contributed by atoms with Crippen LogP contribution in [0, 0.1) is 5.92 Å². The van der Waals surface area contributed by atoms with Gasteiger partial charge in [0.25, 0.3) is 0 Å². The van der Waals surface area contributed by atoms with Gasteiger partial charge in [-0.3, -0.25) is 0 Å². The van der Waals surface area contributed by atoms with Gasteiger partial charge >= 0.3 is 0 Å². The van der Waals surface area contributed by atoms with Gasteiger partial charge in [0.15, 0.2) is 11.5 Å². The Balaban J connectivity index is 1.72. The summed E-state index contributed by atoms with van der Waals surface area (Å²) in [6.07, 6.45) is 7.72. The van der Waals surface area contributed by atoms with Crippen molar-refractivity contribution in [2.75, 3.05) is 0 Å². The maximum atomic E-state index is 5.93. The molecule has 0 aliphatic heterocycles. The van der Waals surface area contributed by atoms with Crippen LogP contribution in [0.25, 0.3) is 11.1 Å². The van der Waals surface area contributed by atoms with Crippen LogP contribution < -0.4 is 0 Å². The van der Waals surface area contributed by atoms with Crippen LogP contribution in [0.2, 0.25) is 5.02 Å². The molecule has 0 atom stereocenters. The maximum absolute atomic E-state index is 5.93. The quantitative estimate of drug-likeness (QED) is 0.794. The van der Waals surface area contributed by atoms with Gasteiger partial charge in [-0.05, 0) is 30.5 Å². The molecule has 1 saturated carbocycles. The Kier molecular flexibility index (Phi) is 3.06. The van der Waals surface area contributed by atoms with Gasteiger partial charge < -0.3 is 4.42 Å². The third-order valence-corrected chi connectivity index (χ3v) is 3.87. The Labute approximate surface area is 106 Å². The van der Waals surface area contributed by atoms with Gasteiger partial charge in [-0.1, -0.05) is 37.3 Å². The van der Waals surface area contributed by atoms with Crippen LogP contribution in [-0.4, -0.2) is 4.98 Å². The van der Waals surface area contributed by atoms with Crippen LogP contribution in [0.3, 0.4) is 0 Å². The molecule has 0 unspecified atom stereocenters. The second kappa shape index (κ2) is 4.69. The molecule has 90 valence electrons. The van der Waals surface area contributed by atoms with E-state index in [1.54, 1.807) is 0 Å². The summed E-state index contributed by atoms with van der Waals surface area (Å²) in [4.78, 5) is 4.48. The molecule has 0 amide bonds. The molecule has 0 N–H and O–H groups in total. The molecule has 0 spiro atoms. The van der Waals surface area contributed by atoms with Crippen LogP contribution in [0.15, 0.2) is 22.6 Å². The van der Waals surface area contributed by atoms with Crippen molar-refractivity contribution in [3.63, 3.8) is 0 Å². The smallest absolute Gasteiger partial charge is 0.195 e. The molecule has 1 aromatic heterocycles. The zero-order valence-corrected chi connectivity index (χ0v) is 10.5. The number of hydrogen-bond donors (Lipinski definition) is 0. The molecule has 3 rings (SSSR count). The predicted octanol–water partition coefficient (Wildman–Crippen LogP) is 4.60. The molecule has 1 fully saturated rings. The van der Waals surface area contributed by atoms with E-state index in [1.807, 2.05) is 18.2 Å². The van der Waals surface area contributed by atoms with Crippen LogP contribution in [0.1, 0.15) is 38.0 Å². The highest BCUT2D eigenvalue weighted by atomic mass is 35.5. The van der Waals surface area contributed by atoms with Crippen LogP contribution in [0.5, 0.6) is 0 Å². The zero-order chi connectivity index (χ0) is 11.7. The minimum absolute atomic E-state index is 0.716. The summed E-state index contributed by atoms with van der Waals surface area (Å²) >= 11 is 5.93.